The average molecular weight is 492 g/mol. The van der Waals surface area contributed by atoms with Gasteiger partial charge in [0.05, 0.1) is 6.61 Å². The predicted octanol–water partition coefficient (Wildman–Crippen LogP) is 3.35. The van der Waals surface area contributed by atoms with Crippen LogP contribution < -0.4 is 20.3 Å². The first-order valence-electron chi connectivity index (χ1n) is 12.2. The first-order valence-corrected chi connectivity index (χ1v) is 12.2. The normalized spacial score (nSPS) is 13.8. The van der Waals surface area contributed by atoms with Crippen LogP contribution in [0.5, 0.6) is 5.75 Å². The number of aromatic nitrogens is 3. The van der Waals surface area contributed by atoms with Crippen LogP contribution in [0.15, 0.2) is 48.8 Å². The van der Waals surface area contributed by atoms with E-state index in [1.807, 2.05) is 55.1 Å². The molecule has 0 saturated carbocycles. The standard InChI is InChI=1S/C26H33N7O3/c1-4-36-25-16-23(9-10-24(25)33-18-28-19(2)30-33)31-11-6-12-32(14-13-31)26(35)27-17-21-7-5-8-22(15-21)29-20(3)34/h5,7-10,15-16,18H,4,6,11-14,17H2,1-3H3,(H,27,35)(H,29,34). The van der Waals surface area contributed by atoms with Crippen LogP contribution in [0.3, 0.4) is 0 Å². The van der Waals surface area contributed by atoms with E-state index >= 15 is 0 Å². The lowest BCUT2D eigenvalue weighted by molar-refractivity contribution is -0.114. The van der Waals surface area contributed by atoms with Crippen molar-refractivity contribution in [3.63, 3.8) is 0 Å². The molecule has 36 heavy (non-hydrogen) atoms. The number of hydrogen-bond acceptors (Lipinski definition) is 6. The molecule has 4 rings (SSSR count). The van der Waals surface area contributed by atoms with E-state index in [-0.39, 0.29) is 11.9 Å². The predicted molar refractivity (Wildman–Crippen MR) is 139 cm³/mol. The Labute approximate surface area is 211 Å². The summed E-state index contributed by atoms with van der Waals surface area (Å²) in [6.07, 6.45) is 2.55. The van der Waals surface area contributed by atoms with Gasteiger partial charge in [0.15, 0.2) is 0 Å². The molecule has 0 spiro atoms. The molecule has 10 nitrogen and oxygen atoms in total. The molecule has 1 aliphatic rings. The summed E-state index contributed by atoms with van der Waals surface area (Å²) < 4.78 is 7.64. The fourth-order valence-corrected chi connectivity index (χ4v) is 4.25. The molecule has 1 aliphatic heterocycles. The summed E-state index contributed by atoms with van der Waals surface area (Å²) in [5.74, 6) is 1.33. The van der Waals surface area contributed by atoms with Gasteiger partial charge < -0.3 is 25.2 Å². The Morgan fingerprint density at radius 2 is 1.94 bits per heavy atom. The van der Waals surface area contributed by atoms with Gasteiger partial charge in [0, 0.05) is 57.1 Å². The molecule has 0 bridgehead atoms. The molecular weight excluding hydrogens is 458 g/mol. The molecule has 0 aliphatic carbocycles. The summed E-state index contributed by atoms with van der Waals surface area (Å²) in [5.41, 5.74) is 3.55. The lowest BCUT2D eigenvalue weighted by Gasteiger charge is -2.25. The number of aryl methyl sites for hydroxylation is 1. The average Bonchev–Trinajstić information content (AvgIpc) is 3.13. The maximum absolute atomic E-state index is 12.9. The number of carbonyl (C=O) groups excluding carboxylic acids is 2. The summed E-state index contributed by atoms with van der Waals surface area (Å²) >= 11 is 0. The van der Waals surface area contributed by atoms with E-state index in [4.69, 9.17) is 4.74 Å². The van der Waals surface area contributed by atoms with Gasteiger partial charge in [-0.15, -0.1) is 0 Å². The van der Waals surface area contributed by atoms with Crippen LogP contribution in [0.1, 0.15) is 31.7 Å². The summed E-state index contributed by atoms with van der Waals surface area (Å²) in [6.45, 7) is 9.10. The molecule has 3 amide bonds. The number of rotatable bonds is 7. The van der Waals surface area contributed by atoms with Crippen molar-refractivity contribution in [2.75, 3.05) is 43.0 Å². The minimum atomic E-state index is -0.123. The van der Waals surface area contributed by atoms with E-state index in [1.54, 1.807) is 11.0 Å². The Balaban J connectivity index is 1.37. The van der Waals surface area contributed by atoms with Crippen molar-refractivity contribution in [2.45, 2.75) is 33.7 Å². The summed E-state index contributed by atoms with van der Waals surface area (Å²) in [7, 11) is 0. The third-order valence-electron chi connectivity index (χ3n) is 5.94. The number of ether oxygens (including phenoxy) is 1. The highest BCUT2D eigenvalue weighted by atomic mass is 16.5. The molecule has 2 N–H and O–H groups in total. The van der Waals surface area contributed by atoms with Gasteiger partial charge in [0.1, 0.15) is 23.6 Å². The first-order chi connectivity index (χ1) is 17.4. The molecule has 1 fully saturated rings. The van der Waals surface area contributed by atoms with Crippen LogP contribution in [0.4, 0.5) is 16.2 Å². The molecule has 190 valence electrons. The zero-order chi connectivity index (χ0) is 25.5. The van der Waals surface area contributed by atoms with Gasteiger partial charge in [-0.1, -0.05) is 12.1 Å². The Kier molecular flexibility index (Phi) is 8.04. The fraction of sp³-hybridized carbons (Fsp3) is 0.385. The Bertz CT molecular complexity index is 1210. The van der Waals surface area contributed by atoms with Gasteiger partial charge in [0.25, 0.3) is 0 Å². The second kappa shape index (κ2) is 11.6. The molecule has 10 heteroatoms. The van der Waals surface area contributed by atoms with E-state index in [0.29, 0.717) is 32.1 Å². The SMILES string of the molecule is CCOc1cc(N2CCCN(C(=O)NCc3cccc(NC(C)=O)c3)CC2)ccc1-n1cnc(C)n1. The monoisotopic (exact) mass is 491 g/mol. The van der Waals surface area contributed by atoms with Crippen LogP contribution in [0.2, 0.25) is 0 Å². The number of urea groups is 1. The fourth-order valence-electron chi connectivity index (χ4n) is 4.25. The van der Waals surface area contributed by atoms with Crippen molar-refractivity contribution in [2.24, 2.45) is 0 Å². The lowest BCUT2D eigenvalue weighted by Crippen LogP contribution is -2.41. The molecule has 1 saturated heterocycles. The quantitative estimate of drug-likeness (QED) is 0.525. The van der Waals surface area contributed by atoms with Crippen molar-refractivity contribution in [3.8, 4) is 11.4 Å². The summed E-state index contributed by atoms with van der Waals surface area (Å²) in [5, 5.41) is 10.2. The number of benzene rings is 2. The maximum atomic E-state index is 12.9. The number of anilines is 2. The topological polar surface area (TPSA) is 105 Å². The van der Waals surface area contributed by atoms with Crippen molar-refractivity contribution in [1.29, 1.82) is 0 Å². The summed E-state index contributed by atoms with van der Waals surface area (Å²) in [4.78, 5) is 32.5. The highest BCUT2D eigenvalue weighted by molar-refractivity contribution is 5.88. The van der Waals surface area contributed by atoms with Gasteiger partial charge in [0.2, 0.25) is 5.91 Å². The molecule has 0 unspecified atom stereocenters. The van der Waals surface area contributed by atoms with Gasteiger partial charge in [-0.05, 0) is 50.1 Å². The van der Waals surface area contributed by atoms with E-state index in [2.05, 4.69) is 31.7 Å². The van der Waals surface area contributed by atoms with Crippen LogP contribution in [-0.2, 0) is 11.3 Å². The van der Waals surface area contributed by atoms with Crippen LogP contribution >= 0.6 is 0 Å². The smallest absolute Gasteiger partial charge is 0.317 e. The highest BCUT2D eigenvalue weighted by Crippen LogP contribution is 2.29. The number of carbonyl (C=O) groups is 2. The largest absolute Gasteiger partial charge is 0.492 e. The Morgan fingerprint density at radius 1 is 1.08 bits per heavy atom. The van der Waals surface area contributed by atoms with Crippen molar-refractivity contribution in [3.05, 3.63) is 60.2 Å². The van der Waals surface area contributed by atoms with Gasteiger partial charge in [-0.2, -0.15) is 5.10 Å². The second-order valence-corrected chi connectivity index (χ2v) is 8.69. The number of hydrogen-bond donors (Lipinski definition) is 2. The number of nitrogens with zero attached hydrogens (tertiary/aromatic N) is 5. The van der Waals surface area contributed by atoms with Gasteiger partial charge >= 0.3 is 6.03 Å². The minimum Gasteiger partial charge on any atom is -0.492 e. The maximum Gasteiger partial charge on any atom is 0.317 e. The zero-order valence-electron chi connectivity index (χ0n) is 21.0. The molecule has 2 heterocycles. The molecular formula is C26H33N7O3. The molecule has 0 atom stereocenters. The highest BCUT2D eigenvalue weighted by Gasteiger charge is 2.20. The van der Waals surface area contributed by atoms with Gasteiger partial charge in [-0.25, -0.2) is 14.5 Å². The van der Waals surface area contributed by atoms with Crippen molar-refractivity contribution in [1.82, 2.24) is 25.0 Å². The first kappa shape index (κ1) is 25.0. The lowest BCUT2D eigenvalue weighted by atomic mass is 10.2. The van der Waals surface area contributed by atoms with Crippen LogP contribution in [0.25, 0.3) is 5.69 Å². The number of amides is 3. The Morgan fingerprint density at radius 3 is 2.69 bits per heavy atom. The Hall–Kier alpha value is -4.08. The molecule has 0 radical (unpaired) electrons. The van der Waals surface area contributed by atoms with E-state index in [1.165, 1.54) is 6.92 Å². The third-order valence-corrected chi connectivity index (χ3v) is 5.94. The second-order valence-electron chi connectivity index (χ2n) is 8.69. The van der Waals surface area contributed by atoms with E-state index in [9.17, 15) is 9.59 Å². The molecule has 2 aromatic carbocycles. The van der Waals surface area contributed by atoms with Crippen LogP contribution in [0, 0.1) is 6.92 Å². The minimum absolute atomic E-state index is 0.0892. The molecule has 1 aromatic heterocycles. The number of nitrogens with one attached hydrogen (secondary N) is 2. The van der Waals surface area contributed by atoms with Crippen molar-refractivity contribution >= 4 is 23.3 Å². The third kappa shape index (κ3) is 6.32. The van der Waals surface area contributed by atoms with Crippen molar-refractivity contribution < 1.29 is 14.3 Å². The molecule has 3 aromatic rings. The van der Waals surface area contributed by atoms with E-state index < -0.39 is 0 Å². The summed E-state index contributed by atoms with van der Waals surface area (Å²) in [6, 6.07) is 13.5. The van der Waals surface area contributed by atoms with Gasteiger partial charge in [-0.3, -0.25) is 4.79 Å². The zero-order valence-corrected chi connectivity index (χ0v) is 21.0. The van der Waals surface area contributed by atoms with Crippen LogP contribution in [-0.4, -0.2) is 64.4 Å². The van der Waals surface area contributed by atoms with E-state index in [0.717, 1.165) is 47.9 Å².